The van der Waals surface area contributed by atoms with Gasteiger partial charge in [-0.05, 0) is 42.2 Å². The summed E-state index contributed by atoms with van der Waals surface area (Å²) >= 11 is 0. The van der Waals surface area contributed by atoms with E-state index < -0.39 is 4.92 Å². The molecule has 0 N–H and O–H groups in total. The van der Waals surface area contributed by atoms with E-state index in [1.54, 1.807) is 6.08 Å². The first-order valence-electron chi connectivity index (χ1n) is 8.80. The van der Waals surface area contributed by atoms with Gasteiger partial charge in [0, 0.05) is 35.0 Å². The van der Waals surface area contributed by atoms with E-state index in [4.69, 9.17) is 0 Å². The number of allylic oxidation sites excluding steroid dienone is 7. The molecule has 1 aromatic carbocycles. The summed E-state index contributed by atoms with van der Waals surface area (Å²) in [5.74, 6) is -0.308. The second kappa shape index (κ2) is 5.80. The molecule has 26 heavy (non-hydrogen) atoms. The van der Waals surface area contributed by atoms with Gasteiger partial charge in [0.2, 0.25) is 0 Å². The van der Waals surface area contributed by atoms with Crippen molar-refractivity contribution in [1.29, 1.82) is 0 Å². The molecule has 5 heteroatoms. The average Bonchev–Trinajstić information content (AvgIpc) is 2.86. The fourth-order valence-corrected chi connectivity index (χ4v) is 4.26. The second-order valence-corrected chi connectivity index (χ2v) is 7.39. The number of benzene rings is 1. The Morgan fingerprint density at radius 2 is 2.00 bits per heavy atom. The Balaban J connectivity index is 1.80. The van der Waals surface area contributed by atoms with Gasteiger partial charge >= 0.3 is 0 Å². The quantitative estimate of drug-likeness (QED) is 0.459. The van der Waals surface area contributed by atoms with Crippen LogP contribution in [0.2, 0.25) is 0 Å². The zero-order valence-electron chi connectivity index (χ0n) is 14.9. The monoisotopic (exact) mass is 348 g/mol. The number of anilines is 1. The number of ketones is 1. The second-order valence-electron chi connectivity index (χ2n) is 7.39. The van der Waals surface area contributed by atoms with E-state index in [1.807, 2.05) is 6.08 Å². The molecule has 2 heterocycles. The third kappa shape index (κ3) is 2.43. The van der Waals surface area contributed by atoms with Gasteiger partial charge in [-0.1, -0.05) is 32.0 Å². The lowest BCUT2D eigenvalue weighted by Crippen LogP contribution is -2.31. The maximum atomic E-state index is 12.3. The smallest absolute Gasteiger partial charge is 0.273 e. The van der Waals surface area contributed by atoms with Gasteiger partial charge in [0.1, 0.15) is 0 Å². The molecule has 3 aliphatic rings. The minimum Gasteiger partial charge on any atom is -0.344 e. The molecule has 1 aliphatic carbocycles. The van der Waals surface area contributed by atoms with Crippen LogP contribution in [-0.4, -0.2) is 17.3 Å². The lowest BCUT2D eigenvalue weighted by atomic mass is 9.80. The van der Waals surface area contributed by atoms with Crippen LogP contribution in [0, 0.1) is 10.1 Å². The standard InChI is InChI=1S/C21H20N2O3/c1-21(2)17-7-3-4-8-18(17)22-11-5-6-15(20(21)22)12-14-9-10-16(23(25)26)13-19(14)24/h3-4,7-10,12-13H,5-6,11H2,1-2H3/b14-12-. The number of carbonyl (C=O) groups is 1. The molecule has 0 unspecified atom stereocenters. The number of nitrogens with zero attached hydrogens (tertiary/aromatic N) is 2. The molecule has 2 aliphatic heterocycles. The third-order valence-electron chi connectivity index (χ3n) is 5.40. The summed E-state index contributed by atoms with van der Waals surface area (Å²) in [6.45, 7) is 5.40. The molecule has 1 aromatic rings. The lowest BCUT2D eigenvalue weighted by molar-refractivity contribution is -0.419. The summed E-state index contributed by atoms with van der Waals surface area (Å²) < 4.78 is 0. The topological polar surface area (TPSA) is 63.5 Å². The summed E-state index contributed by atoms with van der Waals surface area (Å²) in [6, 6.07) is 8.44. The molecule has 132 valence electrons. The van der Waals surface area contributed by atoms with Crippen LogP contribution < -0.4 is 4.90 Å². The first-order valence-corrected chi connectivity index (χ1v) is 8.80. The van der Waals surface area contributed by atoms with E-state index >= 15 is 0 Å². The third-order valence-corrected chi connectivity index (χ3v) is 5.40. The zero-order valence-corrected chi connectivity index (χ0v) is 14.9. The van der Waals surface area contributed by atoms with Crippen molar-refractivity contribution in [1.82, 2.24) is 0 Å². The summed E-state index contributed by atoms with van der Waals surface area (Å²) in [7, 11) is 0. The zero-order chi connectivity index (χ0) is 18.5. The maximum absolute atomic E-state index is 12.3. The summed E-state index contributed by atoms with van der Waals surface area (Å²) in [4.78, 5) is 25.0. The minimum absolute atomic E-state index is 0.132. The van der Waals surface area contributed by atoms with Crippen LogP contribution >= 0.6 is 0 Å². The van der Waals surface area contributed by atoms with Gasteiger partial charge in [-0.15, -0.1) is 0 Å². The lowest BCUT2D eigenvalue weighted by Gasteiger charge is -2.33. The Morgan fingerprint density at radius 3 is 2.73 bits per heavy atom. The molecular formula is C21H20N2O3. The van der Waals surface area contributed by atoms with Gasteiger partial charge in [0.15, 0.2) is 5.78 Å². The maximum Gasteiger partial charge on any atom is 0.273 e. The molecule has 0 amide bonds. The van der Waals surface area contributed by atoms with E-state index in [2.05, 4.69) is 43.0 Å². The van der Waals surface area contributed by atoms with Crippen LogP contribution in [0.25, 0.3) is 0 Å². The summed E-state index contributed by atoms with van der Waals surface area (Å²) in [5, 5.41) is 10.9. The SMILES string of the molecule is CC1(C)C2=C(/C=C3/C=CC([N+](=O)[O-])=CC3=O)CCCN2c2ccccc21. The fraction of sp³-hybridized carbons (Fsp3) is 0.286. The average molecular weight is 348 g/mol. The van der Waals surface area contributed by atoms with Gasteiger partial charge in [-0.2, -0.15) is 0 Å². The summed E-state index contributed by atoms with van der Waals surface area (Å²) in [5.41, 5.74) is 5.13. The predicted molar refractivity (Wildman–Crippen MR) is 100 cm³/mol. The van der Waals surface area contributed by atoms with Gasteiger partial charge in [0.05, 0.1) is 11.0 Å². The van der Waals surface area contributed by atoms with Gasteiger partial charge in [-0.25, -0.2) is 0 Å². The van der Waals surface area contributed by atoms with Crippen molar-refractivity contribution in [2.24, 2.45) is 0 Å². The van der Waals surface area contributed by atoms with Crippen LogP contribution in [-0.2, 0) is 10.2 Å². The van der Waals surface area contributed by atoms with Crippen LogP contribution in [0.3, 0.4) is 0 Å². The van der Waals surface area contributed by atoms with Gasteiger partial charge < -0.3 is 4.90 Å². The van der Waals surface area contributed by atoms with Crippen LogP contribution in [0.1, 0.15) is 32.3 Å². The van der Waals surface area contributed by atoms with E-state index in [-0.39, 0.29) is 16.9 Å². The molecule has 0 spiro atoms. The molecule has 0 atom stereocenters. The molecule has 0 fully saturated rings. The highest BCUT2D eigenvalue weighted by Gasteiger charge is 2.42. The molecular weight excluding hydrogens is 328 g/mol. The molecule has 4 rings (SSSR count). The Kier molecular flexibility index (Phi) is 3.68. The van der Waals surface area contributed by atoms with Crippen LogP contribution in [0.15, 0.2) is 71.1 Å². The van der Waals surface area contributed by atoms with Crippen molar-refractivity contribution in [3.8, 4) is 0 Å². The fourth-order valence-electron chi connectivity index (χ4n) is 4.26. The highest BCUT2D eigenvalue weighted by molar-refractivity contribution is 6.08. The highest BCUT2D eigenvalue weighted by atomic mass is 16.6. The van der Waals surface area contributed by atoms with Gasteiger partial charge in [0.25, 0.3) is 5.70 Å². The van der Waals surface area contributed by atoms with E-state index in [0.29, 0.717) is 5.57 Å². The van der Waals surface area contributed by atoms with Crippen molar-refractivity contribution < 1.29 is 9.72 Å². The first-order chi connectivity index (χ1) is 12.4. The van der Waals surface area contributed by atoms with Crippen molar-refractivity contribution in [2.45, 2.75) is 32.1 Å². The number of hydrogen-bond acceptors (Lipinski definition) is 4. The molecule has 0 bridgehead atoms. The van der Waals surface area contributed by atoms with Crippen LogP contribution in [0.4, 0.5) is 5.69 Å². The molecule has 0 saturated carbocycles. The van der Waals surface area contributed by atoms with Crippen LogP contribution in [0.5, 0.6) is 0 Å². The molecule has 0 saturated heterocycles. The van der Waals surface area contributed by atoms with Gasteiger partial charge in [-0.3, -0.25) is 14.9 Å². The number of carbonyl (C=O) groups excluding carboxylic acids is 1. The van der Waals surface area contributed by atoms with Crippen molar-refractivity contribution in [2.75, 3.05) is 11.4 Å². The number of hydrogen-bond donors (Lipinski definition) is 0. The molecule has 5 nitrogen and oxygen atoms in total. The number of fused-ring (bicyclic) bond motifs is 3. The number of para-hydroxylation sites is 1. The number of rotatable bonds is 2. The van der Waals surface area contributed by atoms with Crippen molar-refractivity contribution in [3.05, 3.63) is 86.8 Å². The van der Waals surface area contributed by atoms with Crippen molar-refractivity contribution >= 4 is 11.5 Å². The van der Waals surface area contributed by atoms with Crippen molar-refractivity contribution in [3.63, 3.8) is 0 Å². The van der Waals surface area contributed by atoms with E-state index in [0.717, 1.165) is 31.0 Å². The largest absolute Gasteiger partial charge is 0.344 e. The Labute approximate surface area is 152 Å². The Morgan fingerprint density at radius 1 is 1.23 bits per heavy atom. The minimum atomic E-state index is -0.536. The Hall–Kier alpha value is -2.95. The molecule has 0 radical (unpaired) electrons. The normalized spacial score (nSPS) is 22.4. The van der Waals surface area contributed by atoms with E-state index in [1.165, 1.54) is 23.0 Å². The summed E-state index contributed by atoms with van der Waals surface area (Å²) in [6.07, 6.45) is 7.89. The van der Waals surface area contributed by atoms with E-state index in [9.17, 15) is 14.9 Å². The highest BCUT2D eigenvalue weighted by Crippen LogP contribution is 2.51. The Bertz CT molecular complexity index is 948. The number of nitro groups is 1. The molecule has 0 aromatic heterocycles. The predicted octanol–water partition coefficient (Wildman–Crippen LogP) is 4.06. The first kappa shape index (κ1) is 16.5.